The van der Waals surface area contributed by atoms with Crippen molar-refractivity contribution in [1.29, 1.82) is 0 Å². The second-order valence-electron chi connectivity index (χ2n) is 9.42. The number of aryl methyl sites for hydroxylation is 1. The summed E-state index contributed by atoms with van der Waals surface area (Å²) in [6, 6.07) is 11.7. The Morgan fingerprint density at radius 2 is 1.91 bits per heavy atom. The first kappa shape index (κ1) is 24.0. The van der Waals surface area contributed by atoms with Crippen LogP contribution in [0.1, 0.15) is 78.9 Å². The lowest BCUT2D eigenvalue weighted by molar-refractivity contribution is -0.134. The van der Waals surface area contributed by atoms with Crippen molar-refractivity contribution in [2.45, 2.75) is 76.9 Å². The summed E-state index contributed by atoms with van der Waals surface area (Å²) in [5, 5.41) is 7.52. The van der Waals surface area contributed by atoms with Crippen LogP contribution in [0.4, 0.5) is 0 Å². The van der Waals surface area contributed by atoms with E-state index >= 15 is 0 Å². The minimum atomic E-state index is -1.10. The zero-order valence-electron chi connectivity index (χ0n) is 20.1. The highest BCUT2D eigenvalue weighted by molar-refractivity contribution is 6.01. The molecular formula is C26H34N4O4. The normalized spacial score (nSPS) is 20.6. The third-order valence-corrected chi connectivity index (χ3v) is 6.90. The molecule has 1 aliphatic heterocycles. The molecule has 1 atom stereocenters. The Bertz CT molecular complexity index is 1030. The Morgan fingerprint density at radius 3 is 2.62 bits per heavy atom. The number of ether oxygens (including phenoxy) is 1. The number of hydrogen-bond acceptors (Lipinski definition) is 5. The number of aromatic nitrogens is 2. The molecule has 1 aromatic heterocycles. The molecule has 34 heavy (non-hydrogen) atoms. The van der Waals surface area contributed by atoms with E-state index in [4.69, 9.17) is 4.74 Å². The maximum Gasteiger partial charge on any atom is 0.358 e. The Kier molecular flexibility index (Phi) is 7.34. The molecule has 0 bridgehead atoms. The summed E-state index contributed by atoms with van der Waals surface area (Å²) in [6.07, 6.45) is 6.86. The third kappa shape index (κ3) is 5.00. The van der Waals surface area contributed by atoms with Crippen LogP contribution in [0, 0.1) is 0 Å². The predicted octanol–water partition coefficient (Wildman–Crippen LogP) is 3.36. The molecule has 1 saturated carbocycles. The van der Waals surface area contributed by atoms with Crippen molar-refractivity contribution in [2.24, 2.45) is 0 Å². The first-order valence-electron chi connectivity index (χ1n) is 12.3. The molecule has 0 spiro atoms. The molecule has 1 aliphatic carbocycles. The molecule has 0 radical (unpaired) electrons. The van der Waals surface area contributed by atoms with E-state index in [1.165, 1.54) is 22.7 Å². The fourth-order valence-electron chi connectivity index (χ4n) is 4.97. The minimum absolute atomic E-state index is 0.0892. The SMILES string of the molecule is CCOC(=O)c1cc2n(n1)C[C@](C)(C(=O)NC1CCCCC1)N(CCCc1ccccc1)C2=O. The number of esters is 1. The summed E-state index contributed by atoms with van der Waals surface area (Å²) >= 11 is 0. The number of benzene rings is 1. The van der Waals surface area contributed by atoms with Gasteiger partial charge in [-0.05, 0) is 45.1 Å². The molecule has 2 amide bonds. The second kappa shape index (κ2) is 10.4. The van der Waals surface area contributed by atoms with E-state index in [-0.39, 0.29) is 36.7 Å². The van der Waals surface area contributed by atoms with Crippen LogP contribution in [0.5, 0.6) is 0 Å². The van der Waals surface area contributed by atoms with Crippen LogP contribution < -0.4 is 5.32 Å². The summed E-state index contributed by atoms with van der Waals surface area (Å²) in [5.41, 5.74) is 0.489. The first-order valence-corrected chi connectivity index (χ1v) is 12.3. The van der Waals surface area contributed by atoms with E-state index in [9.17, 15) is 14.4 Å². The highest BCUT2D eigenvalue weighted by atomic mass is 16.5. The summed E-state index contributed by atoms with van der Waals surface area (Å²) in [6.45, 7) is 4.38. The molecule has 4 rings (SSSR count). The Hall–Kier alpha value is -3.16. The zero-order valence-corrected chi connectivity index (χ0v) is 20.1. The molecule has 0 unspecified atom stereocenters. The maximum atomic E-state index is 13.6. The van der Waals surface area contributed by atoms with Gasteiger partial charge in [-0.1, -0.05) is 49.6 Å². The molecule has 8 nitrogen and oxygen atoms in total. The number of amides is 2. The van der Waals surface area contributed by atoms with E-state index < -0.39 is 11.5 Å². The Labute approximate surface area is 200 Å². The van der Waals surface area contributed by atoms with E-state index in [1.54, 1.807) is 18.7 Å². The van der Waals surface area contributed by atoms with Gasteiger partial charge in [-0.3, -0.25) is 14.3 Å². The maximum absolute atomic E-state index is 13.6. The third-order valence-electron chi connectivity index (χ3n) is 6.90. The van der Waals surface area contributed by atoms with E-state index in [0.717, 1.165) is 38.5 Å². The van der Waals surface area contributed by atoms with Gasteiger partial charge in [-0.2, -0.15) is 5.10 Å². The van der Waals surface area contributed by atoms with Crippen LogP contribution in [0.2, 0.25) is 0 Å². The van der Waals surface area contributed by atoms with Crippen LogP contribution in [0.3, 0.4) is 0 Å². The lowest BCUT2D eigenvalue weighted by atomic mass is 9.91. The lowest BCUT2D eigenvalue weighted by Crippen LogP contribution is -2.65. The van der Waals surface area contributed by atoms with Gasteiger partial charge in [0.05, 0.1) is 13.2 Å². The molecule has 2 aromatic rings. The smallest absolute Gasteiger partial charge is 0.358 e. The molecule has 0 saturated heterocycles. The van der Waals surface area contributed by atoms with Crippen LogP contribution in [0.15, 0.2) is 36.4 Å². The van der Waals surface area contributed by atoms with Gasteiger partial charge in [0, 0.05) is 18.7 Å². The molecule has 2 heterocycles. The molecule has 1 fully saturated rings. The van der Waals surface area contributed by atoms with E-state index in [2.05, 4.69) is 22.5 Å². The van der Waals surface area contributed by atoms with Gasteiger partial charge in [0.2, 0.25) is 5.91 Å². The predicted molar refractivity (Wildman–Crippen MR) is 127 cm³/mol. The summed E-state index contributed by atoms with van der Waals surface area (Å²) < 4.78 is 6.55. The van der Waals surface area contributed by atoms with Gasteiger partial charge < -0.3 is 15.0 Å². The van der Waals surface area contributed by atoms with Gasteiger partial charge in [0.1, 0.15) is 11.2 Å². The van der Waals surface area contributed by atoms with E-state index in [0.29, 0.717) is 12.2 Å². The van der Waals surface area contributed by atoms with Gasteiger partial charge in [0.15, 0.2) is 5.69 Å². The number of rotatable bonds is 8. The number of nitrogens with one attached hydrogen (secondary N) is 1. The lowest BCUT2D eigenvalue weighted by Gasteiger charge is -2.44. The fourth-order valence-corrected chi connectivity index (χ4v) is 4.97. The average molecular weight is 467 g/mol. The number of fused-ring (bicyclic) bond motifs is 1. The molecule has 182 valence electrons. The molecule has 2 aliphatic rings. The Balaban J connectivity index is 1.58. The van der Waals surface area contributed by atoms with Gasteiger partial charge >= 0.3 is 5.97 Å². The van der Waals surface area contributed by atoms with Gasteiger partial charge in [-0.15, -0.1) is 0 Å². The van der Waals surface area contributed by atoms with Crippen molar-refractivity contribution in [3.05, 3.63) is 53.3 Å². The largest absolute Gasteiger partial charge is 0.461 e. The monoisotopic (exact) mass is 466 g/mol. The highest BCUT2D eigenvalue weighted by Gasteiger charge is 2.48. The minimum Gasteiger partial charge on any atom is -0.461 e. The second-order valence-corrected chi connectivity index (χ2v) is 9.42. The molecule has 1 aromatic carbocycles. The summed E-state index contributed by atoms with van der Waals surface area (Å²) in [4.78, 5) is 41.1. The van der Waals surface area contributed by atoms with Crippen molar-refractivity contribution in [2.75, 3.05) is 13.2 Å². The topological polar surface area (TPSA) is 93.5 Å². The molecule has 1 N–H and O–H groups in total. The van der Waals surface area contributed by atoms with Crippen molar-refractivity contribution in [3.63, 3.8) is 0 Å². The Morgan fingerprint density at radius 1 is 1.18 bits per heavy atom. The quantitative estimate of drug-likeness (QED) is 0.602. The van der Waals surface area contributed by atoms with Crippen molar-refractivity contribution in [1.82, 2.24) is 20.0 Å². The van der Waals surface area contributed by atoms with Crippen molar-refractivity contribution >= 4 is 17.8 Å². The summed E-state index contributed by atoms with van der Waals surface area (Å²) in [7, 11) is 0. The number of carbonyl (C=O) groups excluding carboxylic acids is 3. The van der Waals surface area contributed by atoms with Crippen LogP contribution >= 0.6 is 0 Å². The first-order chi connectivity index (χ1) is 16.4. The number of nitrogens with zero attached hydrogens (tertiary/aromatic N) is 3. The van der Waals surface area contributed by atoms with Crippen molar-refractivity contribution in [3.8, 4) is 0 Å². The number of hydrogen-bond donors (Lipinski definition) is 1. The standard InChI is InChI=1S/C26H34N4O4/c1-3-34-24(32)21-17-22-23(31)29(16-10-13-19-11-6-4-7-12-19)26(2,18-30(22)28-21)25(33)27-20-14-8-5-9-15-20/h4,6-7,11-12,17,20H,3,5,8-10,13-16,18H2,1-2H3,(H,27,33)/t26-/m1/s1. The van der Waals surface area contributed by atoms with Crippen LogP contribution in [0.25, 0.3) is 0 Å². The zero-order chi connectivity index (χ0) is 24.1. The molecule has 8 heteroatoms. The fraction of sp³-hybridized carbons (Fsp3) is 0.538. The highest BCUT2D eigenvalue weighted by Crippen LogP contribution is 2.29. The number of carbonyl (C=O) groups is 3. The average Bonchev–Trinajstić information content (AvgIpc) is 3.27. The van der Waals surface area contributed by atoms with Crippen molar-refractivity contribution < 1.29 is 19.1 Å². The van der Waals surface area contributed by atoms with Gasteiger partial charge in [0.25, 0.3) is 5.91 Å². The molecular weight excluding hydrogens is 432 g/mol. The van der Waals surface area contributed by atoms with Crippen LogP contribution in [-0.2, 0) is 22.5 Å². The van der Waals surface area contributed by atoms with Gasteiger partial charge in [-0.25, -0.2) is 4.79 Å². The van der Waals surface area contributed by atoms with E-state index in [1.807, 2.05) is 18.2 Å². The summed E-state index contributed by atoms with van der Waals surface area (Å²) in [5.74, 6) is -1.02. The van der Waals surface area contributed by atoms with Crippen LogP contribution in [-0.4, -0.2) is 57.2 Å².